The Morgan fingerprint density at radius 2 is 2.05 bits per heavy atom. The fraction of sp³-hybridized carbons (Fsp3) is 0.353. The van der Waals surface area contributed by atoms with Crippen molar-refractivity contribution >= 4 is 5.91 Å². The van der Waals surface area contributed by atoms with E-state index in [1.165, 1.54) is 5.56 Å². The number of nitrogens with zero attached hydrogens (tertiary/aromatic N) is 4. The summed E-state index contributed by atoms with van der Waals surface area (Å²) in [6.07, 6.45) is 5.21. The van der Waals surface area contributed by atoms with E-state index in [1.807, 2.05) is 23.1 Å². The van der Waals surface area contributed by atoms with Crippen molar-refractivity contribution in [3.8, 4) is 0 Å². The Morgan fingerprint density at radius 1 is 1.23 bits per heavy atom. The number of benzene rings is 1. The van der Waals surface area contributed by atoms with Crippen LogP contribution in [0.3, 0.4) is 0 Å². The predicted octanol–water partition coefficient (Wildman–Crippen LogP) is 1.88. The molecule has 0 unspecified atom stereocenters. The number of rotatable bonds is 3. The first kappa shape index (κ1) is 14.7. The molecule has 0 bridgehead atoms. The highest BCUT2D eigenvalue weighted by molar-refractivity contribution is 5.73. The fourth-order valence-corrected chi connectivity index (χ4v) is 2.91. The molecule has 1 aliphatic rings. The van der Waals surface area contributed by atoms with Crippen LogP contribution in [0, 0.1) is 0 Å². The number of piperazine rings is 1. The number of hydrogen-bond donors (Lipinski definition) is 0. The van der Waals surface area contributed by atoms with Gasteiger partial charge in [0.15, 0.2) is 0 Å². The molecular weight excluding hydrogens is 276 g/mol. The topological polar surface area (TPSA) is 49.3 Å². The third-order valence-electron chi connectivity index (χ3n) is 4.10. The summed E-state index contributed by atoms with van der Waals surface area (Å²) in [5.41, 5.74) is 2.19. The van der Waals surface area contributed by atoms with Gasteiger partial charge in [-0.05, 0) is 5.56 Å². The zero-order valence-corrected chi connectivity index (χ0v) is 12.7. The molecule has 0 radical (unpaired) electrons. The Balaban J connectivity index is 1.82. The molecule has 0 saturated carbocycles. The zero-order chi connectivity index (χ0) is 15.4. The standard InChI is InChI=1S/C17H20N4O/c1-14(22)20-9-10-21(12-16-11-18-7-8-19-16)17(13-20)15-5-3-2-4-6-15/h2-8,11,17H,9-10,12-13H2,1H3/t17-/m1/s1. The average molecular weight is 296 g/mol. The van der Waals surface area contributed by atoms with E-state index in [0.29, 0.717) is 0 Å². The average Bonchev–Trinajstić information content (AvgIpc) is 2.57. The van der Waals surface area contributed by atoms with Crippen LogP contribution in [0.1, 0.15) is 24.2 Å². The minimum Gasteiger partial charge on any atom is -0.340 e. The highest BCUT2D eigenvalue weighted by Crippen LogP contribution is 2.26. The Hall–Kier alpha value is -2.27. The second-order valence-electron chi connectivity index (χ2n) is 5.56. The first-order valence-electron chi connectivity index (χ1n) is 7.53. The largest absolute Gasteiger partial charge is 0.340 e. The lowest BCUT2D eigenvalue weighted by atomic mass is 10.0. The molecule has 5 nitrogen and oxygen atoms in total. The van der Waals surface area contributed by atoms with Gasteiger partial charge in [-0.15, -0.1) is 0 Å². The smallest absolute Gasteiger partial charge is 0.219 e. The SMILES string of the molecule is CC(=O)N1CCN(Cc2cnccn2)[C@@H](c2ccccc2)C1. The van der Waals surface area contributed by atoms with Gasteiger partial charge in [-0.2, -0.15) is 0 Å². The van der Waals surface area contributed by atoms with Crippen LogP contribution in [0.4, 0.5) is 0 Å². The lowest BCUT2D eigenvalue weighted by molar-refractivity contribution is -0.132. The van der Waals surface area contributed by atoms with Gasteiger partial charge >= 0.3 is 0 Å². The van der Waals surface area contributed by atoms with Gasteiger partial charge in [0.2, 0.25) is 5.91 Å². The van der Waals surface area contributed by atoms with Gasteiger partial charge in [0, 0.05) is 51.7 Å². The summed E-state index contributed by atoms with van der Waals surface area (Å²) >= 11 is 0. The van der Waals surface area contributed by atoms with E-state index >= 15 is 0 Å². The van der Waals surface area contributed by atoms with Crippen LogP contribution in [0.5, 0.6) is 0 Å². The fourth-order valence-electron chi connectivity index (χ4n) is 2.91. The molecule has 0 N–H and O–H groups in total. The molecule has 2 aromatic rings. The number of hydrogen-bond acceptors (Lipinski definition) is 4. The molecule has 5 heteroatoms. The second kappa shape index (κ2) is 6.66. The van der Waals surface area contributed by atoms with Crippen molar-refractivity contribution in [1.29, 1.82) is 0 Å². The van der Waals surface area contributed by atoms with Crippen LogP contribution in [-0.2, 0) is 11.3 Å². The molecule has 1 aliphatic heterocycles. The predicted molar refractivity (Wildman–Crippen MR) is 83.9 cm³/mol. The lowest BCUT2D eigenvalue weighted by Crippen LogP contribution is -2.49. The summed E-state index contributed by atoms with van der Waals surface area (Å²) in [4.78, 5) is 24.5. The molecule has 1 fully saturated rings. The molecule has 1 saturated heterocycles. The Morgan fingerprint density at radius 3 is 2.73 bits per heavy atom. The minimum absolute atomic E-state index is 0.139. The number of amides is 1. The van der Waals surface area contributed by atoms with Gasteiger partial charge in [-0.1, -0.05) is 30.3 Å². The van der Waals surface area contributed by atoms with E-state index in [-0.39, 0.29) is 11.9 Å². The molecule has 1 aromatic carbocycles. The Labute approximate surface area is 130 Å². The van der Waals surface area contributed by atoms with Crippen molar-refractivity contribution in [2.45, 2.75) is 19.5 Å². The van der Waals surface area contributed by atoms with Crippen molar-refractivity contribution in [2.75, 3.05) is 19.6 Å². The highest BCUT2D eigenvalue weighted by atomic mass is 16.2. The van der Waals surface area contributed by atoms with Crippen LogP contribution in [0.15, 0.2) is 48.9 Å². The molecule has 2 heterocycles. The maximum Gasteiger partial charge on any atom is 0.219 e. The number of carbonyl (C=O) groups excluding carboxylic acids is 1. The normalized spacial score (nSPS) is 19.1. The molecule has 0 spiro atoms. The van der Waals surface area contributed by atoms with Gasteiger partial charge in [0.1, 0.15) is 0 Å². The van der Waals surface area contributed by atoms with E-state index in [1.54, 1.807) is 25.5 Å². The van der Waals surface area contributed by atoms with E-state index in [4.69, 9.17) is 0 Å². The van der Waals surface area contributed by atoms with E-state index in [0.717, 1.165) is 31.9 Å². The Kier molecular flexibility index (Phi) is 4.44. The van der Waals surface area contributed by atoms with Crippen LogP contribution in [-0.4, -0.2) is 45.3 Å². The molecule has 3 rings (SSSR count). The van der Waals surface area contributed by atoms with Gasteiger partial charge in [0.25, 0.3) is 0 Å². The van der Waals surface area contributed by atoms with Crippen LogP contribution in [0.25, 0.3) is 0 Å². The first-order valence-corrected chi connectivity index (χ1v) is 7.53. The van der Waals surface area contributed by atoms with Crippen molar-refractivity contribution < 1.29 is 4.79 Å². The highest BCUT2D eigenvalue weighted by Gasteiger charge is 2.29. The molecule has 1 amide bonds. The maximum atomic E-state index is 11.7. The van der Waals surface area contributed by atoms with E-state index < -0.39 is 0 Å². The molecule has 1 aromatic heterocycles. The molecule has 114 valence electrons. The Bertz CT molecular complexity index is 617. The lowest BCUT2D eigenvalue weighted by Gasteiger charge is -2.41. The van der Waals surface area contributed by atoms with Crippen LogP contribution < -0.4 is 0 Å². The summed E-state index contributed by atoms with van der Waals surface area (Å²) in [7, 11) is 0. The summed E-state index contributed by atoms with van der Waals surface area (Å²) < 4.78 is 0. The minimum atomic E-state index is 0.139. The van der Waals surface area contributed by atoms with Crippen molar-refractivity contribution in [3.63, 3.8) is 0 Å². The number of carbonyl (C=O) groups is 1. The van der Waals surface area contributed by atoms with Crippen LogP contribution >= 0.6 is 0 Å². The quantitative estimate of drug-likeness (QED) is 0.868. The summed E-state index contributed by atoms with van der Waals surface area (Å²) in [5.74, 6) is 0.139. The van der Waals surface area contributed by atoms with Gasteiger partial charge < -0.3 is 4.90 Å². The summed E-state index contributed by atoms with van der Waals surface area (Å²) in [6, 6.07) is 10.5. The van der Waals surface area contributed by atoms with E-state index in [9.17, 15) is 4.79 Å². The van der Waals surface area contributed by atoms with Gasteiger partial charge in [-0.25, -0.2) is 0 Å². The number of aromatic nitrogens is 2. The maximum absolute atomic E-state index is 11.7. The molecule has 22 heavy (non-hydrogen) atoms. The van der Waals surface area contributed by atoms with Crippen LogP contribution in [0.2, 0.25) is 0 Å². The summed E-state index contributed by atoms with van der Waals surface area (Å²) in [6.45, 7) is 4.72. The van der Waals surface area contributed by atoms with Gasteiger partial charge in [0.05, 0.1) is 11.7 Å². The third-order valence-corrected chi connectivity index (χ3v) is 4.10. The molecule has 1 atom stereocenters. The zero-order valence-electron chi connectivity index (χ0n) is 12.7. The van der Waals surface area contributed by atoms with Crippen molar-refractivity contribution in [2.24, 2.45) is 0 Å². The first-order chi connectivity index (χ1) is 10.7. The molecular formula is C17H20N4O. The van der Waals surface area contributed by atoms with Gasteiger partial charge in [-0.3, -0.25) is 19.7 Å². The monoisotopic (exact) mass is 296 g/mol. The van der Waals surface area contributed by atoms with Crippen molar-refractivity contribution in [3.05, 3.63) is 60.2 Å². The van der Waals surface area contributed by atoms with Crippen molar-refractivity contribution in [1.82, 2.24) is 19.8 Å². The molecule has 0 aliphatic carbocycles. The summed E-state index contributed by atoms with van der Waals surface area (Å²) in [5, 5.41) is 0. The third kappa shape index (κ3) is 3.31. The second-order valence-corrected chi connectivity index (χ2v) is 5.56. The van der Waals surface area contributed by atoms with E-state index in [2.05, 4.69) is 27.0 Å².